The fraction of sp³-hybridized carbons (Fsp3) is 0.133. The lowest BCUT2D eigenvalue weighted by molar-refractivity contribution is 0.416. The van der Waals surface area contributed by atoms with E-state index < -0.39 is 0 Å². The molecule has 0 aromatic heterocycles. The van der Waals surface area contributed by atoms with Crippen LogP contribution in [0.15, 0.2) is 35.3 Å². The molecule has 0 amide bonds. The molecule has 0 atom stereocenters. The maximum Gasteiger partial charge on any atom is 0.191 e. The SMILES string of the molecule is COc1cccc(Cl)c1-c1cc(C)c(N=C(N)N)c(N)c1. The molecule has 0 aliphatic heterocycles. The number of halogens is 1. The Kier molecular flexibility index (Phi) is 4.23. The van der Waals surface area contributed by atoms with E-state index in [1.165, 1.54) is 0 Å². The summed E-state index contributed by atoms with van der Waals surface area (Å²) in [5.74, 6) is 0.642. The molecule has 6 heteroatoms. The largest absolute Gasteiger partial charge is 0.496 e. The van der Waals surface area contributed by atoms with Crippen molar-refractivity contribution in [2.75, 3.05) is 12.8 Å². The number of anilines is 1. The molecule has 0 aliphatic rings. The van der Waals surface area contributed by atoms with Gasteiger partial charge in [0.25, 0.3) is 0 Å². The Morgan fingerprint density at radius 1 is 1.24 bits per heavy atom. The van der Waals surface area contributed by atoms with E-state index >= 15 is 0 Å². The minimum atomic E-state index is -0.0344. The molecule has 0 radical (unpaired) electrons. The van der Waals surface area contributed by atoms with Crippen molar-refractivity contribution < 1.29 is 4.74 Å². The molecule has 0 heterocycles. The van der Waals surface area contributed by atoms with Crippen molar-refractivity contribution in [2.45, 2.75) is 6.92 Å². The van der Waals surface area contributed by atoms with E-state index in [2.05, 4.69) is 4.99 Å². The summed E-state index contributed by atoms with van der Waals surface area (Å²) in [6.45, 7) is 1.88. The van der Waals surface area contributed by atoms with Crippen LogP contribution in [0.3, 0.4) is 0 Å². The van der Waals surface area contributed by atoms with Crippen LogP contribution in [-0.4, -0.2) is 13.1 Å². The first-order chi connectivity index (χ1) is 9.93. The third-order valence-corrected chi connectivity index (χ3v) is 3.37. The van der Waals surface area contributed by atoms with Gasteiger partial charge in [-0.1, -0.05) is 17.7 Å². The van der Waals surface area contributed by atoms with Crippen LogP contribution >= 0.6 is 11.6 Å². The van der Waals surface area contributed by atoms with Crippen molar-refractivity contribution in [3.05, 3.63) is 40.9 Å². The minimum absolute atomic E-state index is 0.0344. The van der Waals surface area contributed by atoms with Gasteiger partial charge in [0, 0.05) is 5.56 Å². The summed E-state index contributed by atoms with van der Waals surface area (Å²) in [7, 11) is 1.60. The molecule has 2 aromatic carbocycles. The number of aryl methyl sites for hydroxylation is 1. The van der Waals surface area contributed by atoms with Gasteiger partial charge in [0.2, 0.25) is 0 Å². The molecule has 6 N–H and O–H groups in total. The highest BCUT2D eigenvalue weighted by Gasteiger charge is 2.13. The van der Waals surface area contributed by atoms with Gasteiger partial charge in [-0.05, 0) is 42.3 Å². The third kappa shape index (κ3) is 3.03. The van der Waals surface area contributed by atoms with Gasteiger partial charge in [-0.2, -0.15) is 0 Å². The number of hydrogen-bond acceptors (Lipinski definition) is 3. The fourth-order valence-electron chi connectivity index (χ4n) is 2.19. The highest BCUT2D eigenvalue weighted by atomic mass is 35.5. The van der Waals surface area contributed by atoms with Gasteiger partial charge in [-0.25, -0.2) is 4.99 Å². The predicted octanol–water partition coefficient (Wildman–Crippen LogP) is 2.81. The fourth-order valence-corrected chi connectivity index (χ4v) is 2.46. The lowest BCUT2D eigenvalue weighted by Crippen LogP contribution is -2.22. The molecule has 0 saturated carbocycles. The summed E-state index contributed by atoms with van der Waals surface area (Å²) < 4.78 is 5.36. The molecular weight excluding hydrogens is 288 g/mol. The molecule has 0 fully saturated rings. The van der Waals surface area contributed by atoms with Crippen LogP contribution in [0.4, 0.5) is 11.4 Å². The summed E-state index contributed by atoms with van der Waals surface area (Å²) in [6, 6.07) is 9.17. The monoisotopic (exact) mass is 304 g/mol. The van der Waals surface area contributed by atoms with Crippen LogP contribution in [-0.2, 0) is 0 Å². The Labute approximate surface area is 128 Å². The number of aliphatic imine (C=N–C) groups is 1. The van der Waals surface area contributed by atoms with Gasteiger partial charge < -0.3 is 21.9 Å². The molecule has 110 valence electrons. The van der Waals surface area contributed by atoms with Crippen molar-refractivity contribution in [1.29, 1.82) is 0 Å². The summed E-state index contributed by atoms with van der Waals surface area (Å²) in [6.07, 6.45) is 0. The van der Waals surface area contributed by atoms with Crippen LogP contribution < -0.4 is 21.9 Å². The molecule has 21 heavy (non-hydrogen) atoms. The van der Waals surface area contributed by atoms with Crippen molar-refractivity contribution in [2.24, 2.45) is 16.5 Å². The summed E-state index contributed by atoms with van der Waals surface area (Å²) in [5, 5.41) is 0.586. The molecule has 5 nitrogen and oxygen atoms in total. The average molecular weight is 305 g/mol. The predicted molar refractivity (Wildman–Crippen MR) is 88.1 cm³/mol. The molecular formula is C15H17ClN4O. The number of methoxy groups -OCH3 is 1. The van der Waals surface area contributed by atoms with Crippen LogP contribution in [0.5, 0.6) is 5.75 Å². The maximum atomic E-state index is 6.28. The van der Waals surface area contributed by atoms with Crippen LogP contribution in [0.2, 0.25) is 5.02 Å². The normalized spacial score (nSPS) is 10.2. The van der Waals surface area contributed by atoms with E-state index in [1.54, 1.807) is 19.2 Å². The second-order valence-electron chi connectivity index (χ2n) is 4.58. The quantitative estimate of drug-likeness (QED) is 0.461. The zero-order chi connectivity index (χ0) is 15.6. The Hall–Kier alpha value is -2.40. The van der Waals surface area contributed by atoms with Crippen molar-refractivity contribution in [3.63, 3.8) is 0 Å². The number of nitrogens with zero attached hydrogens (tertiary/aromatic N) is 1. The van der Waals surface area contributed by atoms with Crippen molar-refractivity contribution in [3.8, 4) is 16.9 Å². The molecule has 2 aromatic rings. The van der Waals surface area contributed by atoms with E-state index in [4.69, 9.17) is 33.5 Å². The van der Waals surface area contributed by atoms with Gasteiger partial charge in [-0.3, -0.25) is 0 Å². The molecule has 0 bridgehead atoms. The number of guanidine groups is 1. The smallest absolute Gasteiger partial charge is 0.191 e. The number of ether oxygens (including phenoxy) is 1. The second-order valence-corrected chi connectivity index (χ2v) is 4.99. The minimum Gasteiger partial charge on any atom is -0.496 e. The van der Waals surface area contributed by atoms with Crippen LogP contribution in [0.1, 0.15) is 5.56 Å². The Balaban J connectivity index is 2.65. The Bertz CT molecular complexity index is 686. The van der Waals surface area contributed by atoms with Gasteiger partial charge in [0.15, 0.2) is 5.96 Å². The van der Waals surface area contributed by atoms with Gasteiger partial charge in [0.05, 0.1) is 23.5 Å². The Morgan fingerprint density at radius 2 is 1.95 bits per heavy atom. The number of nitrogens with two attached hydrogens (primary N) is 3. The molecule has 0 spiro atoms. The average Bonchev–Trinajstić information content (AvgIpc) is 2.42. The molecule has 2 rings (SSSR count). The van der Waals surface area contributed by atoms with Crippen molar-refractivity contribution >= 4 is 28.9 Å². The Morgan fingerprint density at radius 3 is 2.52 bits per heavy atom. The standard InChI is InChI=1S/C15H17ClN4O/c1-8-6-9(7-11(17)14(8)20-15(18)19)13-10(16)4-3-5-12(13)21-2/h3-7H,17H2,1-2H3,(H4,18,19,20). The zero-order valence-corrected chi connectivity index (χ0v) is 12.6. The number of nitrogen functional groups attached to an aromatic ring is 1. The van der Waals surface area contributed by atoms with E-state index in [9.17, 15) is 0 Å². The maximum absolute atomic E-state index is 6.28. The van der Waals surface area contributed by atoms with E-state index in [1.807, 2.05) is 25.1 Å². The first-order valence-corrected chi connectivity index (χ1v) is 6.64. The van der Waals surface area contributed by atoms with Gasteiger partial charge in [-0.15, -0.1) is 0 Å². The lowest BCUT2D eigenvalue weighted by Gasteiger charge is -2.13. The van der Waals surface area contributed by atoms with E-state index in [0.717, 1.165) is 16.7 Å². The molecule has 0 saturated heterocycles. The van der Waals surface area contributed by atoms with E-state index in [0.29, 0.717) is 22.1 Å². The van der Waals surface area contributed by atoms with Gasteiger partial charge in [0.1, 0.15) is 5.75 Å². The first kappa shape index (κ1) is 15.0. The highest BCUT2D eigenvalue weighted by molar-refractivity contribution is 6.33. The molecule has 0 unspecified atom stereocenters. The van der Waals surface area contributed by atoms with Crippen molar-refractivity contribution in [1.82, 2.24) is 0 Å². The first-order valence-electron chi connectivity index (χ1n) is 6.26. The highest BCUT2D eigenvalue weighted by Crippen LogP contribution is 2.40. The topological polar surface area (TPSA) is 99.6 Å². The lowest BCUT2D eigenvalue weighted by atomic mass is 10.00. The number of benzene rings is 2. The van der Waals surface area contributed by atoms with Crippen LogP contribution in [0.25, 0.3) is 11.1 Å². The summed E-state index contributed by atoms with van der Waals surface area (Å²) in [4.78, 5) is 4.04. The zero-order valence-electron chi connectivity index (χ0n) is 11.9. The number of rotatable bonds is 3. The number of hydrogen-bond donors (Lipinski definition) is 3. The molecule has 0 aliphatic carbocycles. The van der Waals surface area contributed by atoms with Crippen LogP contribution in [0, 0.1) is 6.92 Å². The van der Waals surface area contributed by atoms with E-state index in [-0.39, 0.29) is 5.96 Å². The second kappa shape index (κ2) is 5.93. The summed E-state index contributed by atoms with van der Waals surface area (Å²) in [5.41, 5.74) is 20.4. The summed E-state index contributed by atoms with van der Waals surface area (Å²) >= 11 is 6.28. The van der Waals surface area contributed by atoms with Gasteiger partial charge >= 0.3 is 0 Å². The third-order valence-electron chi connectivity index (χ3n) is 3.05.